The Labute approximate surface area is 294 Å². The zero-order valence-corrected chi connectivity index (χ0v) is 27.6. The molecular formula is C43H36O8. The predicted molar refractivity (Wildman–Crippen MR) is 192 cm³/mol. The molecule has 6 aromatic carbocycles. The van der Waals surface area contributed by atoms with Crippen molar-refractivity contribution in [1.29, 1.82) is 0 Å². The number of hydrogen-bond donors (Lipinski definition) is 6. The number of fused-ring (bicyclic) bond motifs is 1. The number of phenols is 6. The van der Waals surface area contributed by atoms with Crippen LogP contribution in [-0.4, -0.2) is 36.4 Å². The van der Waals surface area contributed by atoms with Gasteiger partial charge in [-0.2, -0.15) is 0 Å². The number of Topliss-reactive ketones (excluding diaryl/α,β-unsaturated/α-hetero) is 1. The minimum atomic E-state index is -0.666. The van der Waals surface area contributed by atoms with Crippen LogP contribution >= 0.6 is 0 Å². The molecule has 0 radical (unpaired) electrons. The maximum absolute atomic E-state index is 13.7. The Morgan fingerprint density at radius 3 is 1.76 bits per heavy atom. The van der Waals surface area contributed by atoms with Gasteiger partial charge in [0.1, 0.15) is 51.9 Å². The molecule has 6 aromatic rings. The minimum Gasteiger partial charge on any atom is -0.508 e. The Hall–Kier alpha value is -6.41. The Morgan fingerprint density at radius 2 is 1.08 bits per heavy atom. The van der Waals surface area contributed by atoms with Crippen LogP contribution in [0.25, 0.3) is 0 Å². The van der Waals surface area contributed by atoms with Crippen molar-refractivity contribution in [2.45, 2.75) is 38.2 Å². The monoisotopic (exact) mass is 680 g/mol. The normalized spacial score (nSPS) is 13.8. The highest BCUT2D eigenvalue weighted by Gasteiger charge is 2.36. The number of aromatic hydroxyl groups is 6. The molecule has 1 atom stereocenters. The molecule has 7 rings (SSSR count). The average Bonchev–Trinajstić information content (AvgIpc) is 3.13. The van der Waals surface area contributed by atoms with Gasteiger partial charge in [0.05, 0.1) is 6.42 Å². The van der Waals surface area contributed by atoms with Gasteiger partial charge in [0.25, 0.3) is 0 Å². The number of ether oxygens (including phenoxy) is 1. The van der Waals surface area contributed by atoms with Crippen LogP contribution in [-0.2, 0) is 25.7 Å². The van der Waals surface area contributed by atoms with Crippen LogP contribution in [0.1, 0.15) is 73.0 Å². The van der Waals surface area contributed by atoms with Gasteiger partial charge in [0.2, 0.25) is 0 Å². The molecule has 0 unspecified atom stereocenters. The number of hydrogen-bond acceptors (Lipinski definition) is 8. The van der Waals surface area contributed by atoms with E-state index in [-0.39, 0.29) is 76.2 Å². The third kappa shape index (κ3) is 6.64. The Balaban J connectivity index is 1.27. The van der Waals surface area contributed by atoms with E-state index >= 15 is 0 Å². The number of carbonyl (C=O) groups excluding carboxylic acids is 1. The van der Waals surface area contributed by atoms with Crippen LogP contribution in [0, 0.1) is 0 Å². The lowest BCUT2D eigenvalue weighted by molar-refractivity contribution is 0.0842. The zero-order valence-electron chi connectivity index (χ0n) is 27.6. The Kier molecular flexibility index (Phi) is 8.98. The van der Waals surface area contributed by atoms with Crippen LogP contribution in [0.15, 0.2) is 115 Å². The van der Waals surface area contributed by atoms with Gasteiger partial charge in [0, 0.05) is 36.8 Å². The quantitative estimate of drug-likeness (QED) is 0.0901. The summed E-state index contributed by atoms with van der Waals surface area (Å²) < 4.78 is 6.41. The lowest BCUT2D eigenvalue weighted by atomic mass is 9.87. The molecule has 51 heavy (non-hydrogen) atoms. The average molecular weight is 681 g/mol. The summed E-state index contributed by atoms with van der Waals surface area (Å²) in [7, 11) is 0. The molecule has 256 valence electrons. The van der Waals surface area contributed by atoms with Gasteiger partial charge in [-0.05, 0) is 57.1 Å². The maximum Gasteiger partial charge on any atom is 0.174 e. The molecule has 6 N–H and O–H groups in total. The van der Waals surface area contributed by atoms with E-state index in [0.717, 1.165) is 11.1 Å². The van der Waals surface area contributed by atoms with E-state index in [2.05, 4.69) is 0 Å². The van der Waals surface area contributed by atoms with E-state index in [1.54, 1.807) is 60.7 Å². The first-order chi connectivity index (χ1) is 24.7. The van der Waals surface area contributed by atoms with E-state index in [9.17, 15) is 35.4 Å². The maximum atomic E-state index is 13.7. The van der Waals surface area contributed by atoms with Crippen LogP contribution in [0.2, 0.25) is 0 Å². The first-order valence-electron chi connectivity index (χ1n) is 16.7. The number of rotatable bonds is 9. The SMILES string of the molecule is O=C1C[C@@H](c2ccccc2)Oc2c(Cc3cc(Cc4cccc(Cc5ccccc5O)c4O)ccc3O)c(O)c(Cc3ccccc3O)c(O)c21. The molecular weight excluding hydrogens is 644 g/mol. The van der Waals surface area contributed by atoms with Gasteiger partial charge in [0.15, 0.2) is 5.78 Å². The standard InChI is InChI=1S/C43H36O8/c44-34-15-6-4-11-27(34)21-30-14-8-13-29(40(30)48)19-25-17-18-36(46)31(20-25)23-33-41(49)32(22-28-12-5-7-16-35(28)45)42(50)39-37(47)24-38(51-43(33)39)26-9-2-1-3-10-26/h1-18,20,38,44-46,48-50H,19,21-24H2/t38-/m0/s1. The second-order valence-corrected chi connectivity index (χ2v) is 12.9. The van der Waals surface area contributed by atoms with Crippen LogP contribution in [0.3, 0.4) is 0 Å². The third-order valence-electron chi connectivity index (χ3n) is 9.52. The lowest BCUT2D eigenvalue weighted by Crippen LogP contribution is -2.22. The molecule has 0 saturated heterocycles. The van der Waals surface area contributed by atoms with Gasteiger partial charge in [-0.25, -0.2) is 0 Å². The van der Waals surface area contributed by atoms with Gasteiger partial charge in [-0.3, -0.25) is 4.79 Å². The second kappa shape index (κ2) is 13.8. The van der Waals surface area contributed by atoms with Crippen molar-refractivity contribution in [3.05, 3.63) is 171 Å². The summed E-state index contributed by atoms with van der Waals surface area (Å²) in [6.45, 7) is 0. The number of benzene rings is 6. The largest absolute Gasteiger partial charge is 0.508 e. The summed E-state index contributed by atoms with van der Waals surface area (Å²) in [5, 5.41) is 66.4. The highest BCUT2D eigenvalue weighted by Crippen LogP contribution is 2.50. The fourth-order valence-corrected chi connectivity index (χ4v) is 6.79. The van der Waals surface area contributed by atoms with E-state index in [0.29, 0.717) is 40.7 Å². The van der Waals surface area contributed by atoms with Crippen molar-refractivity contribution in [3.8, 4) is 40.2 Å². The van der Waals surface area contributed by atoms with Crippen molar-refractivity contribution < 1.29 is 40.2 Å². The fraction of sp³-hybridized carbons (Fsp3) is 0.140. The highest BCUT2D eigenvalue weighted by atomic mass is 16.5. The van der Waals surface area contributed by atoms with Crippen molar-refractivity contribution in [1.82, 2.24) is 0 Å². The van der Waals surface area contributed by atoms with Gasteiger partial charge >= 0.3 is 0 Å². The minimum absolute atomic E-state index is 0.0273. The van der Waals surface area contributed by atoms with Crippen molar-refractivity contribution >= 4 is 5.78 Å². The zero-order chi connectivity index (χ0) is 35.6. The van der Waals surface area contributed by atoms with Crippen LogP contribution < -0.4 is 4.74 Å². The smallest absolute Gasteiger partial charge is 0.174 e. The van der Waals surface area contributed by atoms with Crippen molar-refractivity contribution in [2.24, 2.45) is 0 Å². The summed E-state index contributed by atoms with van der Waals surface area (Å²) in [4.78, 5) is 13.7. The lowest BCUT2D eigenvalue weighted by Gasteiger charge is -2.30. The summed E-state index contributed by atoms with van der Waals surface area (Å²) in [6, 6.07) is 33.3. The first-order valence-corrected chi connectivity index (χ1v) is 16.7. The van der Waals surface area contributed by atoms with Crippen LogP contribution in [0.5, 0.6) is 40.2 Å². The molecule has 0 aromatic heterocycles. The number of para-hydroxylation sites is 3. The Bertz CT molecular complexity index is 2260. The fourth-order valence-electron chi connectivity index (χ4n) is 6.79. The molecule has 8 nitrogen and oxygen atoms in total. The molecule has 0 saturated carbocycles. The summed E-state index contributed by atoms with van der Waals surface area (Å²) >= 11 is 0. The third-order valence-corrected chi connectivity index (χ3v) is 9.52. The molecule has 0 aliphatic carbocycles. The van der Waals surface area contributed by atoms with Gasteiger partial charge < -0.3 is 35.4 Å². The Morgan fingerprint density at radius 1 is 0.510 bits per heavy atom. The summed E-state index contributed by atoms with van der Waals surface area (Å²) in [6.07, 6.45) is -0.168. The van der Waals surface area contributed by atoms with Crippen molar-refractivity contribution in [2.75, 3.05) is 0 Å². The molecule has 1 aliphatic heterocycles. The molecule has 1 aliphatic rings. The predicted octanol–water partition coefficient (Wildman–Crippen LogP) is 7.99. The first kappa shape index (κ1) is 33.1. The molecule has 1 heterocycles. The molecule has 0 bridgehead atoms. The van der Waals surface area contributed by atoms with Crippen LogP contribution in [0.4, 0.5) is 0 Å². The van der Waals surface area contributed by atoms with Gasteiger partial charge in [-0.15, -0.1) is 0 Å². The van der Waals surface area contributed by atoms with Crippen molar-refractivity contribution in [3.63, 3.8) is 0 Å². The number of carbonyl (C=O) groups is 1. The highest BCUT2D eigenvalue weighted by molar-refractivity contribution is 6.04. The summed E-state index contributed by atoms with van der Waals surface area (Å²) in [5.74, 6) is -0.876. The number of ketones is 1. The summed E-state index contributed by atoms with van der Waals surface area (Å²) in [5.41, 5.74) is 4.58. The molecule has 0 amide bonds. The van der Waals surface area contributed by atoms with E-state index in [1.807, 2.05) is 48.5 Å². The molecule has 8 heteroatoms. The van der Waals surface area contributed by atoms with E-state index in [4.69, 9.17) is 4.74 Å². The topological polar surface area (TPSA) is 148 Å². The molecule has 0 fully saturated rings. The number of phenolic OH excluding ortho intramolecular Hbond substituents is 6. The second-order valence-electron chi connectivity index (χ2n) is 12.9. The van der Waals surface area contributed by atoms with Gasteiger partial charge in [-0.1, -0.05) is 97.1 Å². The van der Waals surface area contributed by atoms with E-state index in [1.165, 1.54) is 6.07 Å². The van der Waals surface area contributed by atoms with E-state index < -0.39 is 11.9 Å². The molecule has 0 spiro atoms.